The standard InChI is InChI=1S/C15H20BrN3/c1-4-19-10-13(9-17-19)11(2)18-12(3)14-7-5-6-8-15(14)16/h5-12,18H,4H2,1-3H3. The third-order valence-corrected chi connectivity index (χ3v) is 4.07. The Morgan fingerprint density at radius 3 is 2.63 bits per heavy atom. The van der Waals surface area contributed by atoms with E-state index in [0.717, 1.165) is 11.0 Å². The molecule has 1 heterocycles. The number of hydrogen-bond acceptors (Lipinski definition) is 2. The lowest BCUT2D eigenvalue weighted by atomic mass is 10.1. The lowest BCUT2D eigenvalue weighted by Crippen LogP contribution is -2.22. The molecule has 2 rings (SSSR count). The maximum atomic E-state index is 4.32. The molecule has 0 aliphatic carbocycles. The maximum absolute atomic E-state index is 4.32. The highest BCUT2D eigenvalue weighted by Crippen LogP contribution is 2.25. The van der Waals surface area contributed by atoms with Crippen LogP contribution in [0.25, 0.3) is 0 Å². The summed E-state index contributed by atoms with van der Waals surface area (Å²) in [6.45, 7) is 7.36. The molecule has 2 unspecified atom stereocenters. The van der Waals surface area contributed by atoms with Crippen LogP contribution in [0.4, 0.5) is 0 Å². The minimum absolute atomic E-state index is 0.280. The average molecular weight is 322 g/mol. The molecule has 1 aromatic carbocycles. The number of aryl methyl sites for hydroxylation is 1. The van der Waals surface area contributed by atoms with Crippen molar-refractivity contribution in [3.8, 4) is 0 Å². The molecule has 102 valence electrons. The van der Waals surface area contributed by atoms with Gasteiger partial charge in [0.15, 0.2) is 0 Å². The zero-order valence-electron chi connectivity index (χ0n) is 11.6. The fourth-order valence-electron chi connectivity index (χ4n) is 2.16. The van der Waals surface area contributed by atoms with Crippen LogP contribution in [-0.4, -0.2) is 9.78 Å². The van der Waals surface area contributed by atoms with Gasteiger partial charge in [0.1, 0.15) is 0 Å². The van der Waals surface area contributed by atoms with Crippen LogP contribution in [0.5, 0.6) is 0 Å². The van der Waals surface area contributed by atoms with E-state index >= 15 is 0 Å². The summed E-state index contributed by atoms with van der Waals surface area (Å²) in [5.74, 6) is 0. The van der Waals surface area contributed by atoms with Crippen molar-refractivity contribution < 1.29 is 0 Å². The van der Waals surface area contributed by atoms with Gasteiger partial charge < -0.3 is 5.32 Å². The van der Waals surface area contributed by atoms with E-state index in [1.807, 2.05) is 16.9 Å². The van der Waals surface area contributed by atoms with Crippen LogP contribution >= 0.6 is 15.9 Å². The lowest BCUT2D eigenvalue weighted by molar-refractivity contribution is 0.493. The normalized spacial score (nSPS) is 14.3. The van der Waals surface area contributed by atoms with E-state index in [2.05, 4.69) is 71.5 Å². The Labute approximate surface area is 123 Å². The first kappa shape index (κ1) is 14.3. The van der Waals surface area contributed by atoms with Crippen LogP contribution in [0.1, 0.15) is 44.0 Å². The predicted molar refractivity (Wildman–Crippen MR) is 82.0 cm³/mol. The molecule has 0 spiro atoms. The van der Waals surface area contributed by atoms with Crippen LogP contribution in [0.3, 0.4) is 0 Å². The Balaban J connectivity index is 2.06. The Hall–Kier alpha value is -1.13. The summed E-state index contributed by atoms with van der Waals surface area (Å²) in [7, 11) is 0. The molecular formula is C15H20BrN3. The summed E-state index contributed by atoms with van der Waals surface area (Å²) in [6, 6.07) is 8.89. The van der Waals surface area contributed by atoms with Gasteiger partial charge >= 0.3 is 0 Å². The Morgan fingerprint density at radius 1 is 1.26 bits per heavy atom. The number of nitrogens with one attached hydrogen (secondary N) is 1. The van der Waals surface area contributed by atoms with Gasteiger partial charge in [-0.2, -0.15) is 5.10 Å². The Morgan fingerprint density at radius 2 is 2.00 bits per heavy atom. The van der Waals surface area contributed by atoms with Gasteiger partial charge in [-0.25, -0.2) is 0 Å². The van der Waals surface area contributed by atoms with E-state index < -0.39 is 0 Å². The quantitative estimate of drug-likeness (QED) is 0.899. The molecule has 2 atom stereocenters. The van der Waals surface area contributed by atoms with E-state index in [-0.39, 0.29) is 12.1 Å². The van der Waals surface area contributed by atoms with Gasteiger partial charge in [0.2, 0.25) is 0 Å². The van der Waals surface area contributed by atoms with Crippen molar-refractivity contribution in [2.24, 2.45) is 0 Å². The molecule has 0 fully saturated rings. The molecule has 0 radical (unpaired) electrons. The van der Waals surface area contributed by atoms with Crippen LogP contribution in [-0.2, 0) is 6.54 Å². The smallest absolute Gasteiger partial charge is 0.0537 e. The van der Waals surface area contributed by atoms with Gasteiger partial charge in [0, 0.05) is 34.9 Å². The maximum Gasteiger partial charge on any atom is 0.0537 e. The van der Waals surface area contributed by atoms with Crippen LogP contribution < -0.4 is 5.32 Å². The topological polar surface area (TPSA) is 29.9 Å². The molecule has 2 aromatic rings. The largest absolute Gasteiger partial charge is 0.303 e. The Kier molecular flexibility index (Phi) is 4.77. The third kappa shape index (κ3) is 3.45. The predicted octanol–water partition coefficient (Wildman–Crippen LogP) is 4.08. The van der Waals surface area contributed by atoms with Crippen LogP contribution in [0, 0.1) is 0 Å². The average Bonchev–Trinajstić information content (AvgIpc) is 2.88. The molecule has 1 aromatic heterocycles. The number of halogens is 1. The first-order valence-electron chi connectivity index (χ1n) is 6.64. The minimum Gasteiger partial charge on any atom is -0.303 e. The van der Waals surface area contributed by atoms with E-state index in [1.54, 1.807) is 0 Å². The van der Waals surface area contributed by atoms with E-state index in [9.17, 15) is 0 Å². The third-order valence-electron chi connectivity index (χ3n) is 3.35. The first-order chi connectivity index (χ1) is 9.11. The highest BCUT2D eigenvalue weighted by molar-refractivity contribution is 9.10. The van der Waals surface area contributed by atoms with Crippen LogP contribution in [0.15, 0.2) is 41.1 Å². The SMILES string of the molecule is CCn1cc(C(C)NC(C)c2ccccc2Br)cn1. The first-order valence-corrected chi connectivity index (χ1v) is 7.44. The van der Waals surface area contributed by atoms with E-state index in [1.165, 1.54) is 11.1 Å². The van der Waals surface area contributed by atoms with E-state index in [0.29, 0.717) is 0 Å². The van der Waals surface area contributed by atoms with Crippen molar-refractivity contribution in [3.63, 3.8) is 0 Å². The monoisotopic (exact) mass is 321 g/mol. The van der Waals surface area contributed by atoms with Gasteiger partial charge in [-0.15, -0.1) is 0 Å². The van der Waals surface area contributed by atoms with Crippen molar-refractivity contribution in [1.29, 1.82) is 0 Å². The summed E-state index contributed by atoms with van der Waals surface area (Å²) >= 11 is 3.60. The Bertz CT molecular complexity index is 536. The summed E-state index contributed by atoms with van der Waals surface area (Å²) in [5, 5.41) is 7.93. The zero-order valence-corrected chi connectivity index (χ0v) is 13.2. The zero-order chi connectivity index (χ0) is 13.8. The van der Waals surface area contributed by atoms with Crippen molar-refractivity contribution in [2.45, 2.75) is 39.4 Å². The van der Waals surface area contributed by atoms with Crippen molar-refractivity contribution in [3.05, 3.63) is 52.3 Å². The van der Waals surface area contributed by atoms with Crippen molar-refractivity contribution >= 4 is 15.9 Å². The number of benzene rings is 1. The minimum atomic E-state index is 0.280. The number of aromatic nitrogens is 2. The molecular weight excluding hydrogens is 302 g/mol. The van der Waals surface area contributed by atoms with Gasteiger partial charge in [0.05, 0.1) is 6.20 Å². The number of hydrogen-bond donors (Lipinski definition) is 1. The highest BCUT2D eigenvalue weighted by atomic mass is 79.9. The molecule has 3 nitrogen and oxygen atoms in total. The fraction of sp³-hybridized carbons (Fsp3) is 0.400. The van der Waals surface area contributed by atoms with Crippen molar-refractivity contribution in [2.75, 3.05) is 0 Å². The summed E-state index contributed by atoms with van der Waals surface area (Å²) < 4.78 is 3.10. The molecule has 0 amide bonds. The van der Waals surface area contributed by atoms with Crippen LogP contribution in [0.2, 0.25) is 0 Å². The summed E-state index contributed by atoms with van der Waals surface area (Å²) in [4.78, 5) is 0. The second-order valence-corrected chi connectivity index (χ2v) is 5.62. The molecule has 0 saturated carbocycles. The van der Waals surface area contributed by atoms with Gasteiger partial charge in [-0.1, -0.05) is 34.1 Å². The molecule has 0 aliphatic heterocycles. The van der Waals surface area contributed by atoms with Gasteiger partial charge in [-0.3, -0.25) is 4.68 Å². The number of nitrogens with zero attached hydrogens (tertiary/aromatic N) is 2. The molecule has 4 heteroatoms. The van der Waals surface area contributed by atoms with Gasteiger partial charge in [0.25, 0.3) is 0 Å². The number of rotatable bonds is 5. The lowest BCUT2D eigenvalue weighted by Gasteiger charge is -2.20. The second kappa shape index (κ2) is 6.35. The highest BCUT2D eigenvalue weighted by Gasteiger charge is 2.14. The summed E-state index contributed by atoms with van der Waals surface area (Å²) in [6.07, 6.45) is 4.04. The second-order valence-electron chi connectivity index (χ2n) is 4.76. The van der Waals surface area contributed by atoms with Gasteiger partial charge in [-0.05, 0) is 32.4 Å². The van der Waals surface area contributed by atoms with E-state index in [4.69, 9.17) is 0 Å². The summed E-state index contributed by atoms with van der Waals surface area (Å²) in [5.41, 5.74) is 2.50. The molecule has 0 bridgehead atoms. The fourth-order valence-corrected chi connectivity index (χ4v) is 2.79. The molecule has 0 aliphatic rings. The molecule has 0 saturated heterocycles. The van der Waals surface area contributed by atoms with Crippen molar-refractivity contribution in [1.82, 2.24) is 15.1 Å². The molecule has 1 N–H and O–H groups in total. The molecule has 19 heavy (non-hydrogen) atoms.